The Bertz CT molecular complexity index is 2180. The molecule has 3 aliphatic rings. The molecule has 1 aliphatic carbocycles. The Morgan fingerprint density at radius 2 is 1.88 bits per heavy atom. The molecule has 0 bridgehead atoms. The van der Waals surface area contributed by atoms with Crippen LogP contribution in [0.2, 0.25) is 0 Å². The van der Waals surface area contributed by atoms with E-state index in [1.54, 1.807) is 37.8 Å². The number of nitrogens with zero attached hydrogens (tertiary/aromatic N) is 7. The van der Waals surface area contributed by atoms with Gasteiger partial charge in [-0.05, 0) is 66.6 Å². The van der Waals surface area contributed by atoms with Crippen LogP contribution < -0.4 is 21.3 Å². The smallest absolute Gasteiger partial charge is 0.280 e. The van der Waals surface area contributed by atoms with Crippen LogP contribution in [0, 0.1) is 5.41 Å². The molecule has 0 saturated carbocycles. The summed E-state index contributed by atoms with van der Waals surface area (Å²) in [5, 5.41) is 13.9. The summed E-state index contributed by atoms with van der Waals surface area (Å²) in [5.74, 6) is 0.905. The number of pyridine rings is 3. The quantitative estimate of drug-likeness (QED) is 0.270. The van der Waals surface area contributed by atoms with Gasteiger partial charge in [-0.1, -0.05) is 13.8 Å². The molecule has 0 unspecified atom stereocenters. The fraction of sp³-hybridized carbons (Fsp3) is 0.405. The maximum Gasteiger partial charge on any atom is 0.280 e. The zero-order valence-corrected chi connectivity index (χ0v) is 28.4. The summed E-state index contributed by atoms with van der Waals surface area (Å²) in [7, 11) is 1.69. The lowest BCUT2D eigenvalue weighted by Crippen LogP contribution is -2.59. The Kier molecular flexibility index (Phi) is 7.69. The SMILES string of the molecule is C[C@H]1CN(C2COC2)CCN1c1ccc(Nc2cc(-c3ccnc(-n4ccn5c6c(cc5c4=O)CC(C)(C)C6)c3CO)cn(C)c2=O)nc1. The molecule has 12 heteroatoms. The first-order valence-electron chi connectivity index (χ1n) is 17.0. The molecule has 0 amide bonds. The van der Waals surface area contributed by atoms with Crippen molar-refractivity contribution in [2.24, 2.45) is 12.5 Å². The van der Waals surface area contributed by atoms with Crippen LogP contribution in [0.1, 0.15) is 37.6 Å². The maximum absolute atomic E-state index is 13.8. The number of hydrogen-bond acceptors (Lipinski definition) is 9. The number of rotatable bonds is 7. The molecule has 254 valence electrons. The lowest BCUT2D eigenvalue weighted by atomic mass is 9.90. The summed E-state index contributed by atoms with van der Waals surface area (Å²) in [6.07, 6.45) is 10.7. The van der Waals surface area contributed by atoms with Crippen LogP contribution in [0.5, 0.6) is 0 Å². The van der Waals surface area contributed by atoms with Crippen molar-refractivity contribution in [3.63, 3.8) is 0 Å². The molecular weight excluding hydrogens is 620 g/mol. The molecule has 2 saturated heterocycles. The van der Waals surface area contributed by atoms with Gasteiger partial charge in [0.15, 0.2) is 0 Å². The van der Waals surface area contributed by atoms with Crippen LogP contribution in [0.3, 0.4) is 0 Å². The summed E-state index contributed by atoms with van der Waals surface area (Å²) in [6, 6.07) is 10.4. The van der Waals surface area contributed by atoms with E-state index in [0.717, 1.165) is 51.4 Å². The zero-order chi connectivity index (χ0) is 34.0. The number of aliphatic hydroxyl groups excluding tert-OH is 1. The first-order chi connectivity index (χ1) is 23.6. The Morgan fingerprint density at radius 1 is 1.04 bits per heavy atom. The van der Waals surface area contributed by atoms with Crippen LogP contribution in [0.25, 0.3) is 22.5 Å². The van der Waals surface area contributed by atoms with Gasteiger partial charge in [-0.3, -0.25) is 19.1 Å². The number of aliphatic hydroxyl groups is 1. The van der Waals surface area contributed by atoms with Crippen LogP contribution in [-0.4, -0.2) is 78.4 Å². The predicted octanol–water partition coefficient (Wildman–Crippen LogP) is 3.52. The highest BCUT2D eigenvalue weighted by atomic mass is 16.5. The first-order valence-corrected chi connectivity index (χ1v) is 17.0. The molecular formula is C37H42N8O4. The zero-order valence-electron chi connectivity index (χ0n) is 28.4. The number of aromatic nitrogens is 5. The van der Waals surface area contributed by atoms with Crippen molar-refractivity contribution in [3.8, 4) is 16.9 Å². The Labute approximate surface area is 284 Å². The van der Waals surface area contributed by atoms with E-state index in [1.807, 2.05) is 35.0 Å². The number of fused-ring (bicyclic) bond motifs is 3. The van der Waals surface area contributed by atoms with Gasteiger partial charge < -0.3 is 29.0 Å². The molecule has 0 aromatic carbocycles. The van der Waals surface area contributed by atoms with Crippen molar-refractivity contribution in [3.05, 3.63) is 98.8 Å². The van der Waals surface area contributed by atoms with Crippen molar-refractivity contribution in [1.82, 2.24) is 28.4 Å². The summed E-state index contributed by atoms with van der Waals surface area (Å²) in [5.41, 5.74) is 5.95. The minimum absolute atomic E-state index is 0.170. The Hall–Kier alpha value is -4.78. The van der Waals surface area contributed by atoms with Crippen molar-refractivity contribution in [2.75, 3.05) is 43.1 Å². The molecule has 0 spiro atoms. The number of hydrogen-bond donors (Lipinski definition) is 2. The van der Waals surface area contributed by atoms with E-state index in [2.05, 4.69) is 45.9 Å². The average Bonchev–Trinajstić information content (AvgIpc) is 3.55. The molecule has 5 aromatic rings. The van der Waals surface area contributed by atoms with Gasteiger partial charge in [-0.2, -0.15) is 0 Å². The standard InChI is InChI=1S/C37H42N8O4/c1-23-18-42(27-21-49-22-27)9-10-43(23)26-5-6-33(39-17-26)40-30-13-25(19-41(4)35(30)47)28-7-8-38-34(29(28)20-46)45-12-11-44-31(36(45)48)14-24-15-37(2,3)16-32(24)44/h5-8,11-14,17,19,23,27,46H,9-10,15-16,18,20-22H2,1-4H3,(H,39,40)/t23-/m0/s1. The number of nitrogens with one attached hydrogen (secondary N) is 1. The molecule has 0 radical (unpaired) electrons. The van der Waals surface area contributed by atoms with Crippen molar-refractivity contribution in [2.45, 2.75) is 52.3 Å². The van der Waals surface area contributed by atoms with Crippen molar-refractivity contribution >= 4 is 22.7 Å². The number of anilines is 3. The molecule has 49 heavy (non-hydrogen) atoms. The lowest BCUT2D eigenvalue weighted by Gasteiger charge is -2.46. The van der Waals surface area contributed by atoms with E-state index >= 15 is 0 Å². The fourth-order valence-corrected chi connectivity index (χ4v) is 7.79. The number of aryl methyl sites for hydroxylation is 1. The predicted molar refractivity (Wildman–Crippen MR) is 189 cm³/mol. The van der Waals surface area contributed by atoms with Crippen LogP contribution >= 0.6 is 0 Å². The molecule has 7 heterocycles. The second kappa shape index (κ2) is 12.0. The summed E-state index contributed by atoms with van der Waals surface area (Å²) in [6.45, 7) is 10.9. The van der Waals surface area contributed by atoms with Crippen molar-refractivity contribution < 1.29 is 9.84 Å². The highest BCUT2D eigenvalue weighted by Gasteiger charge is 2.33. The summed E-state index contributed by atoms with van der Waals surface area (Å²) in [4.78, 5) is 41.2. The van der Waals surface area contributed by atoms with E-state index in [9.17, 15) is 14.7 Å². The normalized spacial score (nSPS) is 19.3. The first kappa shape index (κ1) is 31.5. The average molecular weight is 663 g/mol. The second-order valence-corrected chi connectivity index (χ2v) is 14.5. The minimum atomic E-state index is -0.350. The van der Waals surface area contributed by atoms with Crippen LogP contribution in [0.4, 0.5) is 17.2 Å². The third-order valence-corrected chi connectivity index (χ3v) is 10.4. The highest BCUT2D eigenvalue weighted by molar-refractivity contribution is 5.73. The molecule has 5 aromatic heterocycles. The van der Waals surface area contributed by atoms with Gasteiger partial charge in [0.25, 0.3) is 11.1 Å². The third kappa shape index (κ3) is 5.53. The molecule has 2 aliphatic heterocycles. The van der Waals surface area contributed by atoms with Gasteiger partial charge in [0.05, 0.1) is 37.7 Å². The molecule has 1 atom stereocenters. The van der Waals surface area contributed by atoms with Gasteiger partial charge in [-0.25, -0.2) is 9.97 Å². The van der Waals surface area contributed by atoms with Gasteiger partial charge in [-0.15, -0.1) is 0 Å². The number of ether oxygens (including phenoxy) is 1. The van der Waals surface area contributed by atoms with Gasteiger partial charge >= 0.3 is 0 Å². The molecule has 8 rings (SSSR count). The fourth-order valence-electron chi connectivity index (χ4n) is 7.79. The topological polar surface area (TPSA) is 122 Å². The Morgan fingerprint density at radius 3 is 2.59 bits per heavy atom. The lowest BCUT2D eigenvalue weighted by molar-refractivity contribution is -0.0691. The van der Waals surface area contributed by atoms with E-state index in [1.165, 1.54) is 20.4 Å². The van der Waals surface area contributed by atoms with Crippen LogP contribution in [-0.2, 0) is 31.2 Å². The third-order valence-electron chi connectivity index (χ3n) is 10.4. The molecule has 2 N–H and O–H groups in total. The molecule has 12 nitrogen and oxygen atoms in total. The largest absolute Gasteiger partial charge is 0.392 e. The van der Waals surface area contributed by atoms with Crippen LogP contribution in [0.15, 0.2) is 70.9 Å². The van der Waals surface area contributed by atoms with E-state index < -0.39 is 0 Å². The summed E-state index contributed by atoms with van der Waals surface area (Å²) < 4.78 is 10.4. The van der Waals surface area contributed by atoms with Gasteiger partial charge in [0.1, 0.15) is 22.8 Å². The van der Waals surface area contributed by atoms with E-state index in [0.29, 0.717) is 51.6 Å². The van der Waals surface area contributed by atoms with E-state index in [4.69, 9.17) is 4.74 Å². The summed E-state index contributed by atoms with van der Waals surface area (Å²) >= 11 is 0. The van der Waals surface area contributed by atoms with Crippen molar-refractivity contribution in [1.29, 1.82) is 0 Å². The maximum atomic E-state index is 13.8. The monoisotopic (exact) mass is 662 g/mol. The van der Waals surface area contributed by atoms with Gasteiger partial charge in [0, 0.05) is 74.3 Å². The van der Waals surface area contributed by atoms with E-state index in [-0.39, 0.29) is 23.1 Å². The second-order valence-electron chi connectivity index (χ2n) is 14.5. The highest BCUT2D eigenvalue weighted by Crippen LogP contribution is 2.37. The molecule has 2 fully saturated rings. The minimum Gasteiger partial charge on any atom is -0.392 e. The van der Waals surface area contributed by atoms with Gasteiger partial charge in [0.2, 0.25) is 0 Å². The number of piperazine rings is 1. The Balaban J connectivity index is 1.07.